The van der Waals surface area contributed by atoms with E-state index in [2.05, 4.69) is 34.4 Å². The number of imidazole rings is 1. The first-order valence-corrected chi connectivity index (χ1v) is 20.8. The number of ether oxygens (including phenoxy) is 1. The van der Waals surface area contributed by atoms with Gasteiger partial charge < -0.3 is 50.9 Å². The van der Waals surface area contributed by atoms with Gasteiger partial charge in [0.15, 0.2) is 23.5 Å². The molecule has 2 aromatic rings. The summed E-state index contributed by atoms with van der Waals surface area (Å²) < 4.78 is 61.9. The molecule has 2 unspecified atom stereocenters. The van der Waals surface area contributed by atoms with E-state index in [0.29, 0.717) is 12.3 Å². The monoisotopic (exact) mass is 835 g/mol. The fourth-order valence-corrected chi connectivity index (χ4v) is 7.87. The van der Waals surface area contributed by atoms with Gasteiger partial charge in [-0.25, -0.2) is 28.6 Å². The Balaban J connectivity index is 1.52. The van der Waals surface area contributed by atoms with Crippen molar-refractivity contribution in [3.63, 3.8) is 0 Å². The Hall–Kier alpha value is -2.70. The third kappa shape index (κ3) is 13.8. The maximum atomic E-state index is 12.6. The minimum Gasteiger partial charge on any atom is -0.386 e. The zero-order chi connectivity index (χ0) is 39.8. The number of aromatic nitrogens is 4. The summed E-state index contributed by atoms with van der Waals surface area (Å²) in [6.45, 7) is 2.01. The van der Waals surface area contributed by atoms with Crippen molar-refractivity contribution in [2.45, 2.75) is 57.8 Å². The van der Waals surface area contributed by atoms with Crippen LogP contribution >= 0.6 is 35.2 Å². The summed E-state index contributed by atoms with van der Waals surface area (Å²) in [7, 11) is -16.4. The summed E-state index contributed by atoms with van der Waals surface area (Å²) in [5.74, 6) is -1.03. The number of aliphatic hydroxyl groups is 2. The molecule has 7 atom stereocenters. The number of carbonyl (C=O) groups excluding carboxylic acids is 3. The van der Waals surface area contributed by atoms with Gasteiger partial charge >= 0.3 is 23.5 Å². The van der Waals surface area contributed by atoms with Crippen molar-refractivity contribution in [3.05, 3.63) is 24.1 Å². The smallest absolute Gasteiger partial charge is 0.386 e. The molecule has 0 radical (unpaired) electrons. The van der Waals surface area contributed by atoms with Gasteiger partial charge in [0.2, 0.25) is 11.8 Å². The molecule has 1 aliphatic heterocycles. The molecule has 0 saturated carbocycles. The summed E-state index contributed by atoms with van der Waals surface area (Å²) in [4.78, 5) is 86.1. The van der Waals surface area contributed by atoms with Crippen molar-refractivity contribution in [2.24, 2.45) is 5.41 Å². The standard InChI is InChI=1S/C25H40N7O17P3S/c1-14(33)5-8-53-9-7-27-16(34)4-6-28-23(37)20(36)25(2,3)11-46-52(43,44)49-51(41,42)45-10-15-19(48-50(38,39)40)18(35)24(47-15)32-13-31-17-21(26)29-12-30-22(17)32/h5,8,12-13,15,18-20,24,35-36H,4,6-7,9-11H2,1-3H3,(H,27,34)(H,28,37)(H,41,42)(H,43,44)(H2,26,29,30)(H2,38,39,40)/b8-5+/t15-,18-,19-,20+,24+/m1/s1. The Bertz CT molecular complexity index is 1790. The number of nitrogens with one attached hydrogen (secondary N) is 2. The Morgan fingerprint density at radius 2 is 1.77 bits per heavy atom. The number of nitrogens with two attached hydrogens (primary N) is 1. The fraction of sp³-hybridized carbons (Fsp3) is 0.600. The number of nitrogens with zero attached hydrogens (tertiary/aromatic N) is 4. The van der Waals surface area contributed by atoms with Crippen LogP contribution in [0.15, 0.2) is 24.1 Å². The normalized spacial score (nSPS) is 22.4. The minimum absolute atomic E-state index is 0.0312. The molecule has 3 heterocycles. The number of hydrogen-bond donors (Lipinski definition) is 9. The number of phosphoric acid groups is 3. The third-order valence-electron chi connectivity index (χ3n) is 7.02. The van der Waals surface area contributed by atoms with E-state index in [1.807, 2.05) is 0 Å². The Morgan fingerprint density at radius 3 is 2.43 bits per heavy atom. The van der Waals surface area contributed by atoms with Crippen molar-refractivity contribution in [1.82, 2.24) is 30.2 Å². The van der Waals surface area contributed by atoms with Crippen molar-refractivity contribution in [3.8, 4) is 0 Å². The second-order valence-electron chi connectivity index (χ2n) is 11.9. The van der Waals surface area contributed by atoms with Crippen molar-refractivity contribution < 1.29 is 80.5 Å². The third-order valence-corrected chi connectivity index (χ3v) is 10.9. The second-order valence-corrected chi connectivity index (χ2v) is 17.1. The number of amides is 2. The van der Waals surface area contributed by atoms with Crippen molar-refractivity contribution >= 4 is 69.8 Å². The Labute approximate surface area is 305 Å². The van der Waals surface area contributed by atoms with Crippen LogP contribution in [0.5, 0.6) is 0 Å². The zero-order valence-electron chi connectivity index (χ0n) is 28.2. The first-order valence-electron chi connectivity index (χ1n) is 15.2. The molecule has 0 aliphatic carbocycles. The number of thioether (sulfide) groups is 1. The van der Waals surface area contributed by atoms with Gasteiger partial charge in [0, 0.05) is 30.7 Å². The highest BCUT2D eigenvalue weighted by atomic mass is 32.2. The number of hydrogen-bond acceptors (Lipinski definition) is 18. The zero-order valence-corrected chi connectivity index (χ0v) is 31.7. The largest absolute Gasteiger partial charge is 0.481 e. The van der Waals surface area contributed by atoms with Crippen LogP contribution in [-0.2, 0) is 50.7 Å². The van der Waals surface area contributed by atoms with Gasteiger partial charge in [-0.15, -0.1) is 11.8 Å². The predicted molar refractivity (Wildman–Crippen MR) is 182 cm³/mol. The molecule has 24 nitrogen and oxygen atoms in total. The van der Waals surface area contributed by atoms with Crippen LogP contribution in [0.2, 0.25) is 0 Å². The number of allylic oxidation sites excluding steroid dienone is 1. The molecule has 0 spiro atoms. The molecule has 0 bridgehead atoms. The van der Waals surface area contributed by atoms with Gasteiger partial charge in [-0.1, -0.05) is 13.8 Å². The highest BCUT2D eigenvalue weighted by molar-refractivity contribution is 8.02. The summed E-state index contributed by atoms with van der Waals surface area (Å²) in [6.07, 6.45) is -5.48. The van der Waals surface area contributed by atoms with E-state index in [1.165, 1.54) is 38.6 Å². The lowest BCUT2D eigenvalue weighted by Gasteiger charge is -2.30. The lowest BCUT2D eigenvalue weighted by molar-refractivity contribution is -0.137. The summed E-state index contributed by atoms with van der Waals surface area (Å²) >= 11 is 1.31. The molecular formula is C25H40N7O17P3S. The van der Waals surface area contributed by atoms with Crippen molar-refractivity contribution in [2.75, 3.05) is 37.8 Å². The maximum absolute atomic E-state index is 12.6. The first kappa shape index (κ1) is 44.7. The lowest BCUT2D eigenvalue weighted by atomic mass is 9.87. The van der Waals surface area contributed by atoms with Crippen LogP contribution in [0.4, 0.5) is 5.82 Å². The average molecular weight is 836 g/mol. The maximum Gasteiger partial charge on any atom is 0.481 e. The molecule has 1 aliphatic rings. The van der Waals surface area contributed by atoms with Gasteiger partial charge in [0.1, 0.15) is 36.3 Å². The van der Waals surface area contributed by atoms with Crippen molar-refractivity contribution in [1.29, 1.82) is 0 Å². The summed E-state index contributed by atoms with van der Waals surface area (Å²) in [5.41, 5.74) is 4.27. The minimum atomic E-state index is -5.56. The molecule has 53 heavy (non-hydrogen) atoms. The van der Waals surface area contributed by atoms with E-state index in [9.17, 15) is 57.9 Å². The molecule has 2 amide bonds. The van der Waals surface area contributed by atoms with E-state index in [1.54, 1.807) is 5.41 Å². The van der Waals surface area contributed by atoms with E-state index in [0.717, 1.165) is 17.2 Å². The predicted octanol–water partition coefficient (Wildman–Crippen LogP) is -0.759. The second kappa shape index (κ2) is 18.8. The van der Waals surface area contributed by atoms with Crippen LogP contribution in [-0.4, -0.2) is 123 Å². The molecule has 0 aromatic carbocycles. The number of phosphoric ester groups is 3. The lowest BCUT2D eigenvalue weighted by Crippen LogP contribution is -2.46. The highest BCUT2D eigenvalue weighted by Gasteiger charge is 2.50. The molecule has 1 saturated heterocycles. The highest BCUT2D eigenvalue weighted by Crippen LogP contribution is 2.61. The van der Waals surface area contributed by atoms with E-state index >= 15 is 0 Å². The molecule has 1 fully saturated rings. The van der Waals surface area contributed by atoms with Crippen LogP contribution in [0, 0.1) is 5.41 Å². The fourth-order valence-electron chi connectivity index (χ4n) is 4.40. The molecular weight excluding hydrogens is 795 g/mol. The molecule has 2 aromatic heterocycles. The van der Waals surface area contributed by atoms with E-state index in [4.69, 9.17) is 19.5 Å². The average Bonchev–Trinajstić information content (AvgIpc) is 3.60. The number of aliphatic hydroxyl groups excluding tert-OH is 2. The van der Waals surface area contributed by atoms with Crippen LogP contribution < -0.4 is 16.4 Å². The summed E-state index contributed by atoms with van der Waals surface area (Å²) in [5, 5.41) is 27.9. The topological polar surface area (TPSA) is 364 Å². The van der Waals surface area contributed by atoms with E-state index < -0.39 is 84.6 Å². The number of nitrogen functional groups attached to an aromatic ring is 1. The summed E-state index contributed by atoms with van der Waals surface area (Å²) in [6, 6.07) is 0. The van der Waals surface area contributed by atoms with Gasteiger partial charge in [0.05, 0.1) is 19.5 Å². The van der Waals surface area contributed by atoms with Crippen LogP contribution in [0.25, 0.3) is 11.2 Å². The van der Waals surface area contributed by atoms with Gasteiger partial charge in [-0.2, -0.15) is 4.31 Å². The SMILES string of the molecule is CC(=O)/C=C/SCCNC(=O)CCNC(=O)[C@H](O)C(C)(C)COP(=O)(O)OP(=O)(O)OC[C@H]1O[C@H](n2cnc3c(N)ncnc32)[C@H](O)[C@@H]1OP(=O)(O)O. The van der Waals surface area contributed by atoms with E-state index in [-0.39, 0.29) is 35.7 Å². The Kier molecular flexibility index (Phi) is 15.8. The number of carbonyl (C=O) groups is 3. The number of anilines is 1. The molecule has 298 valence electrons. The number of rotatable bonds is 21. The number of fused-ring (bicyclic) bond motifs is 1. The molecule has 28 heteroatoms. The number of ketones is 1. The molecule has 3 rings (SSSR count). The Morgan fingerprint density at radius 1 is 1.09 bits per heavy atom. The van der Waals surface area contributed by atoms with Crippen LogP contribution in [0.3, 0.4) is 0 Å². The first-order chi connectivity index (χ1) is 24.5. The van der Waals surface area contributed by atoms with Gasteiger partial charge in [0.25, 0.3) is 0 Å². The van der Waals surface area contributed by atoms with Gasteiger partial charge in [-0.3, -0.25) is 32.5 Å². The quantitative estimate of drug-likeness (QED) is 0.0424. The van der Waals surface area contributed by atoms with Gasteiger partial charge in [-0.05, 0) is 18.4 Å². The molecule has 10 N–H and O–H groups in total. The van der Waals surface area contributed by atoms with Crippen LogP contribution in [0.1, 0.15) is 33.4 Å².